The van der Waals surface area contributed by atoms with Crippen LogP contribution in [-0.4, -0.2) is 35.3 Å². The van der Waals surface area contributed by atoms with E-state index in [2.05, 4.69) is 32.5 Å². The largest absolute Gasteiger partial charge is 0.461 e. The predicted octanol–water partition coefficient (Wildman–Crippen LogP) is 3.83. The highest BCUT2D eigenvalue weighted by atomic mass is 32.1. The van der Waals surface area contributed by atoms with Crippen LogP contribution in [0.15, 0.2) is 60.1 Å². The third kappa shape index (κ3) is 3.73. The molecule has 1 atom stereocenters. The number of hydrogen-bond donors (Lipinski definition) is 1. The molecule has 3 heterocycles. The fraction of sp³-hybridized carbons (Fsp3) is 0.190. The minimum atomic E-state index is -0.492. The first-order valence-corrected chi connectivity index (χ1v) is 9.78. The number of fused-ring (bicyclic) bond motifs is 1. The van der Waals surface area contributed by atoms with E-state index in [4.69, 9.17) is 15.2 Å². The zero-order valence-electron chi connectivity index (χ0n) is 15.4. The summed E-state index contributed by atoms with van der Waals surface area (Å²) >= 11 is 1.55. The molecule has 0 radical (unpaired) electrons. The van der Waals surface area contributed by atoms with Crippen molar-refractivity contribution in [1.82, 2.24) is 15.0 Å². The number of thiophene rings is 1. The molecule has 0 bridgehead atoms. The Labute approximate surface area is 167 Å². The van der Waals surface area contributed by atoms with Gasteiger partial charge in [-0.05, 0) is 17.7 Å². The van der Waals surface area contributed by atoms with Crippen LogP contribution in [0, 0.1) is 0 Å². The first kappa shape index (κ1) is 18.5. The molecule has 0 aliphatic rings. The van der Waals surface area contributed by atoms with Crippen LogP contribution in [0.4, 0.5) is 0 Å². The van der Waals surface area contributed by atoms with Gasteiger partial charge in [0.25, 0.3) is 0 Å². The number of hydrogen-bond acceptors (Lipinski definition) is 7. The fourth-order valence-corrected chi connectivity index (χ4v) is 3.93. The van der Waals surface area contributed by atoms with Crippen LogP contribution in [0.25, 0.3) is 21.3 Å². The van der Waals surface area contributed by atoms with Crippen molar-refractivity contribution in [2.45, 2.75) is 6.04 Å². The first-order valence-electron chi connectivity index (χ1n) is 8.90. The molecule has 4 aromatic rings. The first-order chi connectivity index (χ1) is 13.8. The zero-order chi connectivity index (χ0) is 19.3. The Bertz CT molecular complexity index is 1050. The van der Waals surface area contributed by atoms with Gasteiger partial charge >= 0.3 is 6.01 Å². The predicted molar refractivity (Wildman–Crippen MR) is 110 cm³/mol. The summed E-state index contributed by atoms with van der Waals surface area (Å²) in [7, 11) is 1.63. The third-order valence-corrected chi connectivity index (χ3v) is 5.22. The maximum Gasteiger partial charge on any atom is 0.318 e. The molecule has 3 aromatic heterocycles. The van der Waals surface area contributed by atoms with E-state index in [0.29, 0.717) is 24.9 Å². The Morgan fingerprint density at radius 2 is 1.86 bits per heavy atom. The van der Waals surface area contributed by atoms with Crippen molar-refractivity contribution in [3.8, 4) is 17.1 Å². The number of ether oxygens (including phenoxy) is 2. The average molecular weight is 392 g/mol. The summed E-state index contributed by atoms with van der Waals surface area (Å²) < 4.78 is 10.7. The summed E-state index contributed by atoms with van der Waals surface area (Å²) in [5.41, 5.74) is 10.2. The van der Waals surface area contributed by atoms with Gasteiger partial charge in [0.1, 0.15) is 11.4 Å². The average Bonchev–Trinajstić information content (AvgIpc) is 3.18. The van der Waals surface area contributed by atoms with Gasteiger partial charge in [0.2, 0.25) is 0 Å². The van der Waals surface area contributed by atoms with E-state index in [0.717, 1.165) is 27.0 Å². The summed E-state index contributed by atoms with van der Waals surface area (Å²) in [5, 5.41) is 3.02. The molecule has 0 saturated heterocycles. The lowest BCUT2D eigenvalue weighted by atomic mass is 10.0. The molecule has 0 fully saturated rings. The van der Waals surface area contributed by atoms with E-state index in [1.54, 1.807) is 24.6 Å². The number of nitrogens with two attached hydrogens (primary N) is 1. The van der Waals surface area contributed by atoms with Gasteiger partial charge in [0.15, 0.2) is 0 Å². The van der Waals surface area contributed by atoms with Crippen LogP contribution in [0.5, 0.6) is 6.01 Å². The maximum absolute atomic E-state index is 6.58. The van der Waals surface area contributed by atoms with Gasteiger partial charge in [0.05, 0.1) is 24.0 Å². The summed E-state index contributed by atoms with van der Waals surface area (Å²) in [5.74, 6) is 0. The highest BCUT2D eigenvalue weighted by molar-refractivity contribution is 7.17. The Balaban J connectivity index is 1.86. The summed E-state index contributed by atoms with van der Waals surface area (Å²) in [4.78, 5) is 14.5. The number of methoxy groups -OCH3 is 1. The van der Waals surface area contributed by atoms with Crippen molar-refractivity contribution in [2.24, 2.45) is 5.73 Å². The normalized spacial score (nSPS) is 12.2. The van der Waals surface area contributed by atoms with Crippen LogP contribution in [0.1, 0.15) is 17.4 Å². The van der Waals surface area contributed by atoms with Crippen LogP contribution in [0.3, 0.4) is 0 Å². The van der Waals surface area contributed by atoms with E-state index in [1.807, 2.05) is 36.4 Å². The summed E-state index contributed by atoms with van der Waals surface area (Å²) in [6.07, 6.45) is 1.73. The second kappa shape index (κ2) is 8.43. The highest BCUT2D eigenvalue weighted by Crippen LogP contribution is 2.38. The Morgan fingerprint density at radius 3 is 2.61 bits per heavy atom. The van der Waals surface area contributed by atoms with Crippen LogP contribution in [0.2, 0.25) is 0 Å². The molecule has 4 rings (SSSR count). The molecule has 1 unspecified atom stereocenters. The van der Waals surface area contributed by atoms with Crippen molar-refractivity contribution in [3.63, 3.8) is 0 Å². The highest BCUT2D eigenvalue weighted by Gasteiger charge is 2.22. The Kier molecular flexibility index (Phi) is 5.57. The zero-order valence-corrected chi connectivity index (χ0v) is 16.2. The molecule has 142 valence electrons. The Morgan fingerprint density at radius 1 is 1.04 bits per heavy atom. The van der Waals surface area contributed by atoms with E-state index in [1.165, 1.54) is 0 Å². The van der Waals surface area contributed by atoms with Gasteiger partial charge in [0, 0.05) is 29.6 Å². The lowest BCUT2D eigenvalue weighted by Gasteiger charge is -2.14. The Hall–Kier alpha value is -2.87. The van der Waals surface area contributed by atoms with E-state index < -0.39 is 6.04 Å². The van der Waals surface area contributed by atoms with E-state index >= 15 is 0 Å². The molecule has 0 amide bonds. The maximum atomic E-state index is 6.58. The second-order valence-corrected chi connectivity index (χ2v) is 7.02. The minimum absolute atomic E-state index is 0.299. The molecule has 0 aliphatic heterocycles. The molecule has 7 heteroatoms. The van der Waals surface area contributed by atoms with Gasteiger partial charge in [-0.15, -0.1) is 11.3 Å². The SMILES string of the molecule is COCCOc1nc(C(N)c2ccccn2)c2c(-c3ccccc3)csc2n1. The third-order valence-electron chi connectivity index (χ3n) is 4.35. The summed E-state index contributed by atoms with van der Waals surface area (Å²) in [6, 6.07) is 15.7. The molecule has 28 heavy (non-hydrogen) atoms. The van der Waals surface area contributed by atoms with Gasteiger partial charge in [-0.1, -0.05) is 36.4 Å². The molecule has 6 nitrogen and oxygen atoms in total. The smallest absolute Gasteiger partial charge is 0.318 e. The van der Waals surface area contributed by atoms with Crippen molar-refractivity contribution < 1.29 is 9.47 Å². The van der Waals surface area contributed by atoms with Gasteiger partial charge < -0.3 is 15.2 Å². The van der Waals surface area contributed by atoms with Crippen molar-refractivity contribution in [3.05, 3.63) is 71.5 Å². The number of pyridine rings is 1. The molecular weight excluding hydrogens is 372 g/mol. The monoisotopic (exact) mass is 392 g/mol. The molecule has 0 spiro atoms. The van der Waals surface area contributed by atoms with E-state index in [-0.39, 0.29) is 0 Å². The topological polar surface area (TPSA) is 83.2 Å². The van der Waals surface area contributed by atoms with Gasteiger partial charge in [-0.2, -0.15) is 9.97 Å². The second-order valence-electron chi connectivity index (χ2n) is 6.16. The number of rotatable bonds is 7. The van der Waals surface area contributed by atoms with Crippen LogP contribution >= 0.6 is 11.3 Å². The van der Waals surface area contributed by atoms with Crippen molar-refractivity contribution >= 4 is 21.6 Å². The van der Waals surface area contributed by atoms with Crippen LogP contribution < -0.4 is 10.5 Å². The van der Waals surface area contributed by atoms with Crippen molar-refractivity contribution in [1.29, 1.82) is 0 Å². The van der Waals surface area contributed by atoms with E-state index in [9.17, 15) is 0 Å². The minimum Gasteiger partial charge on any atom is -0.461 e. The molecule has 0 saturated carbocycles. The number of benzene rings is 1. The number of nitrogens with zero attached hydrogens (tertiary/aromatic N) is 3. The van der Waals surface area contributed by atoms with Crippen molar-refractivity contribution in [2.75, 3.05) is 20.3 Å². The molecular formula is C21H20N4O2S. The van der Waals surface area contributed by atoms with Gasteiger partial charge in [-0.25, -0.2) is 0 Å². The molecule has 0 aliphatic carbocycles. The molecule has 2 N–H and O–H groups in total. The standard InChI is InChI=1S/C21H20N4O2S/c1-26-11-12-27-21-24-19(18(22)16-9-5-6-10-23-16)17-15(13-28-20(17)25-21)14-7-3-2-4-8-14/h2-10,13,18H,11-12,22H2,1H3. The lowest BCUT2D eigenvalue weighted by Crippen LogP contribution is -2.17. The van der Waals surface area contributed by atoms with Crippen LogP contribution in [-0.2, 0) is 4.74 Å². The molecule has 1 aromatic carbocycles. The number of aromatic nitrogens is 3. The summed E-state index contributed by atoms with van der Waals surface area (Å²) in [6.45, 7) is 0.833. The van der Waals surface area contributed by atoms with Gasteiger partial charge in [-0.3, -0.25) is 4.98 Å². The quantitative estimate of drug-likeness (QED) is 0.481. The lowest BCUT2D eigenvalue weighted by molar-refractivity contribution is 0.141. The fourth-order valence-electron chi connectivity index (χ4n) is 2.98.